The largest absolute Gasteiger partial charge is 0.378 e. The van der Waals surface area contributed by atoms with Gasteiger partial charge in [-0.3, -0.25) is 9.59 Å². The van der Waals surface area contributed by atoms with Crippen LogP contribution in [-0.4, -0.2) is 39.2 Å². The van der Waals surface area contributed by atoms with Crippen LogP contribution in [0.3, 0.4) is 0 Å². The molecule has 2 N–H and O–H groups in total. The summed E-state index contributed by atoms with van der Waals surface area (Å²) in [5, 5.41) is 6.44. The zero-order valence-electron chi connectivity index (χ0n) is 17.9. The molecule has 3 heterocycles. The molecule has 0 aliphatic carbocycles. The van der Waals surface area contributed by atoms with E-state index in [2.05, 4.69) is 42.7 Å². The van der Waals surface area contributed by atoms with Crippen LogP contribution in [0.15, 0.2) is 30.5 Å². The zero-order valence-corrected chi connectivity index (χ0v) is 17.9. The van der Waals surface area contributed by atoms with Gasteiger partial charge in [0.1, 0.15) is 0 Å². The molecule has 1 saturated heterocycles. The van der Waals surface area contributed by atoms with Crippen molar-refractivity contribution in [2.75, 3.05) is 23.7 Å². The minimum atomic E-state index is -0.197. The van der Waals surface area contributed by atoms with E-state index in [1.807, 2.05) is 30.5 Å². The number of carbonyl (C=O) groups excluding carboxylic acids is 2. The molecule has 7 heteroatoms. The summed E-state index contributed by atoms with van der Waals surface area (Å²) in [7, 11) is 0. The van der Waals surface area contributed by atoms with Gasteiger partial charge in [0.05, 0.1) is 23.6 Å². The predicted molar refractivity (Wildman–Crippen MR) is 118 cm³/mol. The highest BCUT2D eigenvalue weighted by molar-refractivity contribution is 5.96. The predicted octanol–water partition coefficient (Wildman–Crippen LogP) is 3.35. The van der Waals surface area contributed by atoms with Gasteiger partial charge in [-0.25, -0.2) is 4.98 Å². The summed E-state index contributed by atoms with van der Waals surface area (Å²) in [6.07, 6.45) is 2.41. The highest BCUT2D eigenvalue weighted by Crippen LogP contribution is 2.26. The molecule has 7 nitrogen and oxygen atoms in total. The molecule has 0 atom stereocenters. The topological polar surface area (TPSA) is 78.7 Å². The molecular weight excluding hydrogens is 378 g/mol. The Balaban J connectivity index is 1.61. The Kier molecular flexibility index (Phi) is 5.20. The Labute approximate surface area is 176 Å². The van der Waals surface area contributed by atoms with Gasteiger partial charge in [-0.05, 0) is 50.5 Å². The molecule has 0 bridgehead atoms. The van der Waals surface area contributed by atoms with Crippen LogP contribution in [0.2, 0.25) is 0 Å². The number of benzene rings is 1. The molecule has 1 fully saturated rings. The van der Waals surface area contributed by atoms with Crippen LogP contribution in [0.25, 0.3) is 5.65 Å². The quantitative estimate of drug-likeness (QED) is 0.617. The van der Waals surface area contributed by atoms with E-state index in [1.165, 1.54) is 16.7 Å². The van der Waals surface area contributed by atoms with Gasteiger partial charge < -0.3 is 19.9 Å². The number of rotatable bonds is 6. The number of fused-ring (bicyclic) bond motifs is 1. The van der Waals surface area contributed by atoms with Crippen LogP contribution in [-0.2, 0) is 16.1 Å². The summed E-state index contributed by atoms with van der Waals surface area (Å²) in [6, 6.07) is 8.19. The number of likely N-dealkylation sites (tertiary alicyclic amines) is 1. The maximum absolute atomic E-state index is 12.4. The summed E-state index contributed by atoms with van der Waals surface area (Å²) in [5.74, 6) is -0.171. The summed E-state index contributed by atoms with van der Waals surface area (Å²) < 4.78 is 1.99. The molecule has 3 aromatic rings. The lowest BCUT2D eigenvalue weighted by atomic mass is 10.0. The number of amides is 2. The number of β-lactam (4-membered cyclic amide) rings is 1. The van der Waals surface area contributed by atoms with Crippen molar-refractivity contribution in [3.05, 3.63) is 58.5 Å². The van der Waals surface area contributed by atoms with Crippen molar-refractivity contribution in [2.24, 2.45) is 0 Å². The Morgan fingerprint density at radius 3 is 2.53 bits per heavy atom. The first kappa shape index (κ1) is 19.9. The monoisotopic (exact) mass is 405 g/mol. The van der Waals surface area contributed by atoms with Crippen LogP contribution < -0.4 is 10.6 Å². The molecule has 0 radical (unpaired) electrons. The summed E-state index contributed by atoms with van der Waals surface area (Å²) in [4.78, 5) is 30.2. The van der Waals surface area contributed by atoms with Crippen molar-refractivity contribution in [1.29, 1.82) is 0 Å². The van der Waals surface area contributed by atoms with Gasteiger partial charge in [0, 0.05) is 31.4 Å². The summed E-state index contributed by atoms with van der Waals surface area (Å²) in [6.45, 7) is 9.60. The van der Waals surface area contributed by atoms with Gasteiger partial charge in [-0.2, -0.15) is 0 Å². The van der Waals surface area contributed by atoms with Crippen molar-refractivity contribution in [3.63, 3.8) is 0 Å². The van der Waals surface area contributed by atoms with Gasteiger partial charge in [0.2, 0.25) is 11.8 Å². The molecule has 0 spiro atoms. The Bertz CT molecular complexity index is 1130. The van der Waals surface area contributed by atoms with E-state index in [0.29, 0.717) is 25.2 Å². The van der Waals surface area contributed by atoms with Crippen LogP contribution in [0.5, 0.6) is 0 Å². The Morgan fingerprint density at radius 2 is 1.90 bits per heavy atom. The highest BCUT2D eigenvalue weighted by Gasteiger charge is 2.25. The molecule has 156 valence electrons. The normalized spacial score (nSPS) is 13.5. The zero-order chi connectivity index (χ0) is 21.4. The number of aryl methyl sites for hydroxylation is 4. The molecule has 4 rings (SSSR count). The second-order valence-electron chi connectivity index (χ2n) is 7.96. The molecule has 1 aliphatic rings. The molecule has 1 aromatic carbocycles. The third-order valence-electron chi connectivity index (χ3n) is 5.86. The number of nitrogens with zero attached hydrogens (tertiary/aromatic N) is 3. The maximum Gasteiger partial charge on any atom is 0.244 e. The van der Waals surface area contributed by atoms with Crippen LogP contribution in [0, 0.1) is 27.7 Å². The molecule has 2 amide bonds. The number of hydrogen-bond donors (Lipinski definition) is 2. The average Bonchev–Trinajstić information content (AvgIpc) is 2.99. The molecule has 0 unspecified atom stereocenters. The summed E-state index contributed by atoms with van der Waals surface area (Å²) >= 11 is 0. The Hall–Kier alpha value is -3.35. The number of anilines is 2. The second kappa shape index (κ2) is 7.82. The number of aromatic nitrogens is 2. The van der Waals surface area contributed by atoms with E-state index >= 15 is 0 Å². The fourth-order valence-electron chi connectivity index (χ4n) is 3.78. The second-order valence-corrected chi connectivity index (χ2v) is 7.96. The fourth-order valence-corrected chi connectivity index (χ4v) is 3.78. The van der Waals surface area contributed by atoms with Crippen molar-refractivity contribution in [3.8, 4) is 0 Å². The van der Waals surface area contributed by atoms with E-state index in [1.54, 1.807) is 4.90 Å². The van der Waals surface area contributed by atoms with E-state index in [4.69, 9.17) is 4.98 Å². The van der Waals surface area contributed by atoms with Crippen LogP contribution >= 0.6 is 0 Å². The van der Waals surface area contributed by atoms with Crippen molar-refractivity contribution < 1.29 is 9.59 Å². The third-order valence-corrected chi connectivity index (χ3v) is 5.86. The van der Waals surface area contributed by atoms with Crippen molar-refractivity contribution >= 4 is 28.8 Å². The minimum absolute atomic E-state index is 0.0256. The van der Waals surface area contributed by atoms with Gasteiger partial charge in [0.15, 0.2) is 5.65 Å². The van der Waals surface area contributed by atoms with Gasteiger partial charge >= 0.3 is 0 Å². The summed E-state index contributed by atoms with van der Waals surface area (Å²) in [5.41, 5.74) is 8.04. The average molecular weight is 406 g/mol. The maximum atomic E-state index is 12.4. The number of pyridine rings is 1. The third kappa shape index (κ3) is 3.75. The lowest BCUT2D eigenvalue weighted by molar-refractivity contribution is -0.142. The van der Waals surface area contributed by atoms with E-state index in [9.17, 15) is 9.59 Å². The standard InChI is InChI=1S/C23H27N5O2/c1-14-6-5-7-15(2)19(14)11-24-20-10-18(12-28-17(4)16(3)25-23(20)28)26-21(29)13-27-9-8-22(27)30/h5-7,10,12,24H,8-9,11,13H2,1-4H3,(H,26,29). The van der Waals surface area contributed by atoms with Crippen LogP contribution in [0.1, 0.15) is 34.5 Å². The highest BCUT2D eigenvalue weighted by atomic mass is 16.2. The lowest BCUT2D eigenvalue weighted by Crippen LogP contribution is -2.47. The molecule has 0 saturated carbocycles. The SMILES string of the molecule is Cc1cccc(C)c1CNc1cc(NC(=O)CN2CCC2=O)cn2c(C)c(C)nc12. The first-order valence-corrected chi connectivity index (χ1v) is 10.2. The number of nitrogens with one attached hydrogen (secondary N) is 2. The minimum Gasteiger partial charge on any atom is -0.378 e. The number of carbonyl (C=O) groups is 2. The van der Waals surface area contributed by atoms with Crippen LogP contribution in [0.4, 0.5) is 11.4 Å². The van der Waals surface area contributed by atoms with E-state index in [0.717, 1.165) is 22.7 Å². The van der Waals surface area contributed by atoms with Gasteiger partial charge in [-0.15, -0.1) is 0 Å². The lowest BCUT2D eigenvalue weighted by Gasteiger charge is -2.29. The van der Waals surface area contributed by atoms with E-state index in [-0.39, 0.29) is 18.4 Å². The van der Waals surface area contributed by atoms with Crippen molar-refractivity contribution in [2.45, 2.75) is 40.7 Å². The molecular formula is C23H27N5O2. The van der Waals surface area contributed by atoms with E-state index < -0.39 is 0 Å². The fraction of sp³-hybridized carbons (Fsp3) is 0.348. The molecule has 2 aromatic heterocycles. The first-order valence-electron chi connectivity index (χ1n) is 10.2. The molecule has 30 heavy (non-hydrogen) atoms. The van der Waals surface area contributed by atoms with Crippen molar-refractivity contribution in [1.82, 2.24) is 14.3 Å². The first-order chi connectivity index (χ1) is 14.3. The van der Waals surface area contributed by atoms with Gasteiger partial charge in [-0.1, -0.05) is 18.2 Å². The number of imidazole rings is 1. The smallest absolute Gasteiger partial charge is 0.244 e. The number of hydrogen-bond acceptors (Lipinski definition) is 4. The van der Waals surface area contributed by atoms with Gasteiger partial charge in [0.25, 0.3) is 0 Å². The molecule has 1 aliphatic heterocycles. The Morgan fingerprint density at radius 1 is 1.17 bits per heavy atom.